The molecular formula is C50H42N4. The van der Waals surface area contributed by atoms with Crippen LogP contribution in [0.25, 0.3) is 88.6 Å². The van der Waals surface area contributed by atoms with Gasteiger partial charge in [-0.25, -0.2) is 19.9 Å². The Morgan fingerprint density at radius 2 is 0.556 bits per heavy atom. The monoisotopic (exact) mass is 698 g/mol. The predicted molar refractivity (Wildman–Crippen MR) is 227 cm³/mol. The number of fused-ring (bicyclic) bond motifs is 6. The first-order chi connectivity index (χ1) is 26.0. The summed E-state index contributed by atoms with van der Waals surface area (Å²) in [7, 11) is 0. The number of benzene rings is 5. The fraction of sp³-hybridized carbons (Fsp3) is 0.160. The average Bonchev–Trinajstić information content (AvgIpc) is 3.19. The van der Waals surface area contributed by atoms with E-state index >= 15 is 0 Å². The van der Waals surface area contributed by atoms with E-state index in [9.17, 15) is 0 Å². The van der Waals surface area contributed by atoms with Crippen LogP contribution in [0, 0.1) is 0 Å². The first kappa shape index (κ1) is 33.6. The summed E-state index contributed by atoms with van der Waals surface area (Å²) in [6.45, 7) is 13.5. The van der Waals surface area contributed by atoms with Crippen molar-refractivity contribution in [3.05, 3.63) is 157 Å². The van der Waals surface area contributed by atoms with Crippen LogP contribution in [0.15, 0.2) is 146 Å². The van der Waals surface area contributed by atoms with E-state index in [-0.39, 0.29) is 10.8 Å². The molecule has 0 aliphatic carbocycles. The molecule has 0 saturated heterocycles. The Hall–Kier alpha value is -6.26. The summed E-state index contributed by atoms with van der Waals surface area (Å²) in [5.41, 5.74) is 14.3. The van der Waals surface area contributed by atoms with Crippen molar-refractivity contribution < 1.29 is 0 Å². The lowest BCUT2D eigenvalue weighted by molar-refractivity contribution is 0.590. The zero-order valence-electron chi connectivity index (χ0n) is 31.6. The highest BCUT2D eigenvalue weighted by atomic mass is 14.8. The van der Waals surface area contributed by atoms with Gasteiger partial charge in [0.25, 0.3) is 0 Å². The van der Waals surface area contributed by atoms with E-state index in [0.29, 0.717) is 0 Å². The third-order valence-electron chi connectivity index (χ3n) is 10.5. The Balaban J connectivity index is 1.11. The molecule has 0 fully saturated rings. The van der Waals surface area contributed by atoms with Gasteiger partial charge in [-0.05, 0) is 64.4 Å². The van der Waals surface area contributed by atoms with E-state index < -0.39 is 0 Å². The summed E-state index contributed by atoms with van der Waals surface area (Å²) >= 11 is 0. The van der Waals surface area contributed by atoms with Crippen LogP contribution >= 0.6 is 0 Å². The molecule has 0 saturated carbocycles. The van der Waals surface area contributed by atoms with Crippen molar-refractivity contribution in [2.75, 3.05) is 0 Å². The Morgan fingerprint density at radius 3 is 0.852 bits per heavy atom. The Labute approximate surface area is 316 Å². The predicted octanol–water partition coefficient (Wildman–Crippen LogP) is 13.1. The quantitative estimate of drug-likeness (QED) is 0.172. The second-order valence-corrected chi connectivity index (χ2v) is 16.4. The highest BCUT2D eigenvalue weighted by Gasteiger charge is 2.17. The maximum Gasteiger partial charge on any atom is 0.0972 e. The molecule has 0 aliphatic heterocycles. The maximum absolute atomic E-state index is 5.26. The van der Waals surface area contributed by atoms with E-state index in [0.717, 1.165) is 88.6 Å². The zero-order chi connectivity index (χ0) is 37.2. The van der Waals surface area contributed by atoms with Crippen LogP contribution in [0.1, 0.15) is 52.7 Å². The number of hydrogen-bond donors (Lipinski definition) is 0. The highest BCUT2D eigenvalue weighted by molar-refractivity contribution is 6.05. The minimum Gasteiger partial charge on any atom is -0.245 e. The SMILES string of the molecule is CC(C)(C)c1cccc(-c2ccc3ccc4ccc(-c5cccc(-c6ccc7ccc8ccc(-c9cccc(C(C)(C)C)c9)nc8c7n6)c5)nc4c3n2)c1. The fourth-order valence-corrected chi connectivity index (χ4v) is 7.31. The molecule has 0 radical (unpaired) electrons. The summed E-state index contributed by atoms with van der Waals surface area (Å²) in [6, 6.07) is 51.6. The molecular weight excluding hydrogens is 657 g/mol. The Kier molecular flexibility index (Phi) is 7.90. The summed E-state index contributed by atoms with van der Waals surface area (Å²) in [5.74, 6) is 0. The van der Waals surface area contributed by atoms with Gasteiger partial charge in [0.2, 0.25) is 0 Å². The molecule has 4 heterocycles. The molecule has 0 atom stereocenters. The zero-order valence-corrected chi connectivity index (χ0v) is 31.6. The van der Waals surface area contributed by atoms with E-state index in [1.807, 2.05) is 0 Å². The van der Waals surface area contributed by atoms with Gasteiger partial charge >= 0.3 is 0 Å². The second kappa shape index (κ2) is 12.7. The summed E-state index contributed by atoms with van der Waals surface area (Å²) in [4.78, 5) is 20.9. The Morgan fingerprint density at radius 1 is 0.296 bits per heavy atom. The smallest absolute Gasteiger partial charge is 0.0972 e. The van der Waals surface area contributed by atoms with Gasteiger partial charge in [-0.2, -0.15) is 0 Å². The van der Waals surface area contributed by atoms with Crippen LogP contribution in [-0.2, 0) is 10.8 Å². The molecule has 4 aromatic heterocycles. The molecule has 0 amide bonds. The third-order valence-corrected chi connectivity index (χ3v) is 10.5. The van der Waals surface area contributed by atoms with Crippen molar-refractivity contribution in [2.24, 2.45) is 0 Å². The molecule has 9 rings (SSSR count). The van der Waals surface area contributed by atoms with Gasteiger partial charge in [-0.1, -0.05) is 145 Å². The molecule has 5 aromatic carbocycles. The van der Waals surface area contributed by atoms with Crippen LogP contribution in [-0.4, -0.2) is 19.9 Å². The molecule has 4 heteroatoms. The number of nitrogens with zero attached hydrogens (tertiary/aromatic N) is 4. The third kappa shape index (κ3) is 6.18. The first-order valence-electron chi connectivity index (χ1n) is 18.7. The first-order valence-corrected chi connectivity index (χ1v) is 18.7. The Bertz CT molecular complexity index is 2710. The van der Waals surface area contributed by atoms with Gasteiger partial charge in [0.05, 0.1) is 44.8 Å². The van der Waals surface area contributed by atoms with Gasteiger partial charge in [0.1, 0.15) is 0 Å². The van der Waals surface area contributed by atoms with Gasteiger partial charge in [-0.3, -0.25) is 0 Å². The summed E-state index contributed by atoms with van der Waals surface area (Å²) in [5, 5.41) is 4.27. The van der Waals surface area contributed by atoms with Crippen molar-refractivity contribution >= 4 is 43.6 Å². The van der Waals surface area contributed by atoms with Gasteiger partial charge < -0.3 is 0 Å². The summed E-state index contributed by atoms with van der Waals surface area (Å²) in [6.07, 6.45) is 0. The number of aromatic nitrogens is 4. The topological polar surface area (TPSA) is 51.6 Å². The molecule has 0 spiro atoms. The van der Waals surface area contributed by atoms with Gasteiger partial charge in [0, 0.05) is 43.8 Å². The molecule has 54 heavy (non-hydrogen) atoms. The molecule has 0 unspecified atom stereocenters. The van der Waals surface area contributed by atoms with Crippen molar-refractivity contribution in [1.29, 1.82) is 0 Å². The van der Waals surface area contributed by atoms with Crippen molar-refractivity contribution in [2.45, 2.75) is 52.4 Å². The lowest BCUT2D eigenvalue weighted by atomic mass is 9.86. The van der Waals surface area contributed by atoms with Crippen molar-refractivity contribution in [3.8, 4) is 45.0 Å². The highest BCUT2D eigenvalue weighted by Crippen LogP contribution is 2.34. The van der Waals surface area contributed by atoms with E-state index in [2.05, 4.69) is 187 Å². The number of hydrogen-bond acceptors (Lipinski definition) is 4. The van der Waals surface area contributed by atoms with E-state index in [1.165, 1.54) is 11.1 Å². The maximum atomic E-state index is 5.26. The molecule has 262 valence electrons. The number of rotatable bonds is 4. The standard InChI is InChI=1S/C50H42N4/c1-49(2,3)39-14-8-12-37(29-39)43-26-22-33-18-16-31-20-24-41(51-45(31)47(33)53-43)35-10-7-11-36(28-35)42-25-21-32-17-19-34-23-27-44(54-48(34)46(32)52-42)38-13-9-15-40(30-38)50(4,5)6/h7-30H,1-6H3. The fourth-order valence-electron chi connectivity index (χ4n) is 7.31. The molecule has 4 nitrogen and oxygen atoms in total. The van der Waals surface area contributed by atoms with Crippen LogP contribution in [0.5, 0.6) is 0 Å². The van der Waals surface area contributed by atoms with Crippen LogP contribution in [0.2, 0.25) is 0 Å². The average molecular weight is 699 g/mol. The summed E-state index contributed by atoms with van der Waals surface area (Å²) < 4.78 is 0. The number of pyridine rings is 4. The van der Waals surface area contributed by atoms with E-state index in [1.54, 1.807) is 0 Å². The lowest BCUT2D eigenvalue weighted by Gasteiger charge is -2.19. The minimum atomic E-state index is 0.0558. The van der Waals surface area contributed by atoms with Crippen LogP contribution < -0.4 is 0 Å². The van der Waals surface area contributed by atoms with Gasteiger partial charge in [-0.15, -0.1) is 0 Å². The molecule has 0 aliphatic rings. The van der Waals surface area contributed by atoms with Crippen molar-refractivity contribution in [3.63, 3.8) is 0 Å². The molecule has 9 aromatic rings. The van der Waals surface area contributed by atoms with Crippen LogP contribution in [0.3, 0.4) is 0 Å². The second-order valence-electron chi connectivity index (χ2n) is 16.4. The lowest BCUT2D eigenvalue weighted by Crippen LogP contribution is -2.10. The van der Waals surface area contributed by atoms with Crippen LogP contribution in [0.4, 0.5) is 0 Å². The van der Waals surface area contributed by atoms with Crippen molar-refractivity contribution in [1.82, 2.24) is 19.9 Å². The van der Waals surface area contributed by atoms with E-state index in [4.69, 9.17) is 19.9 Å². The largest absolute Gasteiger partial charge is 0.245 e. The minimum absolute atomic E-state index is 0.0558. The van der Waals surface area contributed by atoms with Gasteiger partial charge in [0.15, 0.2) is 0 Å². The normalized spacial score (nSPS) is 12.3. The molecule has 0 bridgehead atoms. The molecule has 0 N–H and O–H groups in total.